The van der Waals surface area contributed by atoms with Crippen LogP contribution in [0.1, 0.15) is 41.4 Å². The fourth-order valence-electron chi connectivity index (χ4n) is 2.01. The van der Waals surface area contributed by atoms with Gasteiger partial charge in [0.25, 0.3) is 0 Å². The number of carbonyl (C=O) groups is 1. The summed E-state index contributed by atoms with van der Waals surface area (Å²) in [5.41, 5.74) is 2.80. The number of para-hydroxylation sites is 1. The van der Waals surface area contributed by atoms with Crippen LogP contribution in [0.25, 0.3) is 0 Å². The number of aromatic nitrogens is 2. The number of aromatic carboxylic acids is 1. The summed E-state index contributed by atoms with van der Waals surface area (Å²) in [6, 6.07) is 7.99. The van der Waals surface area contributed by atoms with Crippen LogP contribution in [0, 0.1) is 0 Å². The lowest BCUT2D eigenvalue weighted by atomic mass is 10.0. The molecule has 0 saturated heterocycles. The van der Waals surface area contributed by atoms with Gasteiger partial charge in [0.15, 0.2) is 0 Å². The molecule has 2 aromatic rings. The van der Waals surface area contributed by atoms with Crippen LogP contribution in [0.4, 0.5) is 5.69 Å². The SMILES string of the molecule is CC(C)c1ccccc1NCc1ncncc1C(=O)O. The summed E-state index contributed by atoms with van der Waals surface area (Å²) >= 11 is 0. The van der Waals surface area contributed by atoms with E-state index in [9.17, 15) is 4.79 Å². The van der Waals surface area contributed by atoms with Crippen molar-refractivity contribution in [3.63, 3.8) is 0 Å². The van der Waals surface area contributed by atoms with Crippen LogP contribution >= 0.6 is 0 Å². The topological polar surface area (TPSA) is 75.1 Å². The maximum absolute atomic E-state index is 11.1. The molecule has 0 unspecified atom stereocenters. The number of carboxylic acid groups (broad SMARTS) is 1. The van der Waals surface area contributed by atoms with E-state index in [4.69, 9.17) is 5.11 Å². The summed E-state index contributed by atoms with van der Waals surface area (Å²) in [6.07, 6.45) is 2.68. The Morgan fingerprint density at radius 3 is 2.80 bits per heavy atom. The molecule has 1 aromatic carbocycles. The fourth-order valence-corrected chi connectivity index (χ4v) is 2.01. The average molecular weight is 271 g/mol. The maximum atomic E-state index is 11.1. The number of anilines is 1. The predicted octanol–water partition coefficient (Wildman–Crippen LogP) is 2.91. The molecule has 0 atom stereocenters. The molecule has 5 nitrogen and oxygen atoms in total. The van der Waals surface area contributed by atoms with Gasteiger partial charge in [0.1, 0.15) is 11.9 Å². The first kappa shape index (κ1) is 14.0. The Balaban J connectivity index is 2.20. The normalized spacial score (nSPS) is 10.6. The van der Waals surface area contributed by atoms with Gasteiger partial charge in [0, 0.05) is 11.9 Å². The molecule has 0 aliphatic carbocycles. The molecule has 2 rings (SSSR count). The molecular formula is C15H17N3O2. The lowest BCUT2D eigenvalue weighted by Crippen LogP contribution is -2.11. The number of carboxylic acids is 1. The van der Waals surface area contributed by atoms with Gasteiger partial charge in [-0.05, 0) is 17.5 Å². The fraction of sp³-hybridized carbons (Fsp3) is 0.267. The molecule has 2 N–H and O–H groups in total. The predicted molar refractivity (Wildman–Crippen MR) is 76.8 cm³/mol. The van der Waals surface area contributed by atoms with Gasteiger partial charge in [-0.1, -0.05) is 32.0 Å². The van der Waals surface area contributed by atoms with Crippen molar-refractivity contribution in [2.45, 2.75) is 26.3 Å². The van der Waals surface area contributed by atoms with Crippen molar-refractivity contribution >= 4 is 11.7 Å². The van der Waals surface area contributed by atoms with Gasteiger partial charge in [-0.3, -0.25) is 0 Å². The molecule has 20 heavy (non-hydrogen) atoms. The van der Waals surface area contributed by atoms with Gasteiger partial charge in [0.2, 0.25) is 0 Å². The summed E-state index contributed by atoms with van der Waals surface area (Å²) in [4.78, 5) is 18.9. The van der Waals surface area contributed by atoms with Crippen LogP contribution in [0.15, 0.2) is 36.8 Å². The van der Waals surface area contributed by atoms with Crippen molar-refractivity contribution < 1.29 is 9.90 Å². The Bertz CT molecular complexity index is 612. The van der Waals surface area contributed by atoms with Crippen LogP contribution in [0.3, 0.4) is 0 Å². The first-order valence-corrected chi connectivity index (χ1v) is 6.44. The first-order valence-electron chi connectivity index (χ1n) is 6.44. The second-order valence-electron chi connectivity index (χ2n) is 4.78. The lowest BCUT2D eigenvalue weighted by molar-refractivity contribution is 0.0694. The van der Waals surface area contributed by atoms with Gasteiger partial charge >= 0.3 is 5.97 Å². The standard InChI is InChI=1S/C15H17N3O2/c1-10(2)11-5-3-4-6-13(11)17-8-14-12(15(19)20)7-16-9-18-14/h3-7,9-10,17H,8H2,1-2H3,(H,19,20). The minimum absolute atomic E-state index is 0.127. The number of rotatable bonds is 5. The molecule has 0 bridgehead atoms. The summed E-state index contributed by atoms with van der Waals surface area (Å²) in [5, 5.41) is 12.4. The Morgan fingerprint density at radius 2 is 2.10 bits per heavy atom. The molecule has 0 aliphatic heterocycles. The summed E-state index contributed by atoms with van der Waals surface area (Å²) in [7, 11) is 0. The highest BCUT2D eigenvalue weighted by atomic mass is 16.4. The lowest BCUT2D eigenvalue weighted by Gasteiger charge is -2.14. The van der Waals surface area contributed by atoms with E-state index >= 15 is 0 Å². The van der Waals surface area contributed by atoms with E-state index in [-0.39, 0.29) is 5.56 Å². The Hall–Kier alpha value is -2.43. The van der Waals surface area contributed by atoms with Crippen molar-refractivity contribution in [2.24, 2.45) is 0 Å². The van der Waals surface area contributed by atoms with Crippen molar-refractivity contribution in [2.75, 3.05) is 5.32 Å². The number of benzene rings is 1. The van der Waals surface area contributed by atoms with E-state index in [0.29, 0.717) is 18.2 Å². The van der Waals surface area contributed by atoms with Gasteiger partial charge < -0.3 is 10.4 Å². The van der Waals surface area contributed by atoms with Crippen LogP contribution in [-0.2, 0) is 6.54 Å². The monoisotopic (exact) mass is 271 g/mol. The smallest absolute Gasteiger partial charge is 0.339 e. The first-order chi connectivity index (χ1) is 9.59. The molecule has 0 aliphatic rings. The third-order valence-electron chi connectivity index (χ3n) is 3.05. The molecule has 1 aromatic heterocycles. The average Bonchev–Trinajstić information content (AvgIpc) is 2.45. The second-order valence-corrected chi connectivity index (χ2v) is 4.78. The molecule has 104 valence electrons. The number of nitrogens with one attached hydrogen (secondary N) is 1. The third-order valence-corrected chi connectivity index (χ3v) is 3.05. The molecule has 0 amide bonds. The molecule has 0 fully saturated rings. The second kappa shape index (κ2) is 6.14. The number of hydrogen-bond acceptors (Lipinski definition) is 4. The number of nitrogens with zero attached hydrogens (tertiary/aromatic N) is 2. The Labute approximate surface area is 117 Å². The third kappa shape index (κ3) is 3.12. The molecule has 5 heteroatoms. The van der Waals surface area contributed by atoms with Gasteiger partial charge in [-0.15, -0.1) is 0 Å². The highest BCUT2D eigenvalue weighted by Crippen LogP contribution is 2.24. The van der Waals surface area contributed by atoms with Gasteiger partial charge in [-0.25, -0.2) is 14.8 Å². The van der Waals surface area contributed by atoms with Crippen molar-refractivity contribution in [3.8, 4) is 0 Å². The highest BCUT2D eigenvalue weighted by Gasteiger charge is 2.12. The maximum Gasteiger partial charge on any atom is 0.339 e. The minimum atomic E-state index is -1.01. The summed E-state index contributed by atoms with van der Waals surface area (Å²) < 4.78 is 0. The van der Waals surface area contributed by atoms with Crippen molar-refractivity contribution in [1.29, 1.82) is 0 Å². The van der Waals surface area contributed by atoms with Crippen LogP contribution < -0.4 is 5.32 Å². The van der Waals surface area contributed by atoms with Gasteiger partial charge in [0.05, 0.1) is 12.2 Å². The molecule has 1 heterocycles. The zero-order chi connectivity index (χ0) is 14.5. The molecule has 0 radical (unpaired) electrons. The Kier molecular flexibility index (Phi) is 4.30. The molecule has 0 saturated carbocycles. The van der Waals surface area contributed by atoms with E-state index < -0.39 is 5.97 Å². The summed E-state index contributed by atoms with van der Waals surface area (Å²) in [6.45, 7) is 4.59. The minimum Gasteiger partial charge on any atom is -0.478 e. The van der Waals surface area contributed by atoms with Crippen LogP contribution in [0.2, 0.25) is 0 Å². The van der Waals surface area contributed by atoms with Crippen molar-refractivity contribution in [3.05, 3.63) is 53.6 Å². The van der Waals surface area contributed by atoms with E-state index in [1.807, 2.05) is 18.2 Å². The largest absolute Gasteiger partial charge is 0.478 e. The zero-order valence-electron chi connectivity index (χ0n) is 11.5. The molecular weight excluding hydrogens is 254 g/mol. The van der Waals surface area contributed by atoms with E-state index in [1.165, 1.54) is 18.1 Å². The van der Waals surface area contributed by atoms with E-state index in [2.05, 4.69) is 35.2 Å². The van der Waals surface area contributed by atoms with Crippen LogP contribution in [0.5, 0.6) is 0 Å². The number of hydrogen-bond donors (Lipinski definition) is 2. The quantitative estimate of drug-likeness (QED) is 0.874. The van der Waals surface area contributed by atoms with E-state index in [0.717, 1.165) is 5.69 Å². The van der Waals surface area contributed by atoms with Gasteiger partial charge in [-0.2, -0.15) is 0 Å². The van der Waals surface area contributed by atoms with E-state index in [1.54, 1.807) is 0 Å². The summed E-state index contributed by atoms with van der Waals surface area (Å²) in [5.74, 6) is -0.623. The molecule has 0 spiro atoms. The Morgan fingerprint density at radius 1 is 1.35 bits per heavy atom. The highest BCUT2D eigenvalue weighted by molar-refractivity contribution is 5.88. The zero-order valence-corrected chi connectivity index (χ0v) is 11.5. The van der Waals surface area contributed by atoms with Crippen molar-refractivity contribution in [1.82, 2.24) is 9.97 Å². The van der Waals surface area contributed by atoms with Crippen LogP contribution in [-0.4, -0.2) is 21.0 Å².